The fraction of sp³-hybridized carbons (Fsp3) is 0.150. The van der Waals surface area contributed by atoms with Gasteiger partial charge in [0.05, 0.1) is 5.25 Å². The largest absolute Gasteiger partial charge is 0.366 e. The van der Waals surface area contributed by atoms with Gasteiger partial charge in [-0.1, -0.05) is 42.1 Å². The summed E-state index contributed by atoms with van der Waals surface area (Å²) in [5.41, 5.74) is 7.41. The second kappa shape index (κ2) is 8.55. The lowest BCUT2D eigenvalue weighted by Gasteiger charge is -2.13. The highest BCUT2D eigenvalue weighted by Gasteiger charge is 2.17. The fourth-order valence-corrected chi connectivity index (χ4v) is 3.35. The van der Waals surface area contributed by atoms with Gasteiger partial charge >= 0.3 is 0 Å². The van der Waals surface area contributed by atoms with Gasteiger partial charge in [-0.2, -0.15) is 0 Å². The highest BCUT2D eigenvalue weighted by atomic mass is 32.2. The Balaban J connectivity index is 1.61. The Labute approximate surface area is 161 Å². The summed E-state index contributed by atoms with van der Waals surface area (Å²) in [6.45, 7) is 2.53. The first-order chi connectivity index (χ1) is 13.0. The molecule has 0 saturated heterocycles. The number of amides is 2. The van der Waals surface area contributed by atoms with Gasteiger partial charge in [0.1, 0.15) is 0 Å². The number of carbonyl (C=O) groups is 2. The van der Waals surface area contributed by atoms with Crippen molar-refractivity contribution in [2.45, 2.75) is 23.9 Å². The third-order valence-corrected chi connectivity index (χ3v) is 5.08. The van der Waals surface area contributed by atoms with Crippen LogP contribution >= 0.6 is 11.8 Å². The van der Waals surface area contributed by atoms with Crippen molar-refractivity contribution in [3.63, 3.8) is 0 Å². The number of nitrogens with zero attached hydrogens (tertiary/aromatic N) is 2. The molecule has 2 amide bonds. The van der Waals surface area contributed by atoms with E-state index in [-0.39, 0.29) is 11.2 Å². The van der Waals surface area contributed by atoms with Crippen LogP contribution in [-0.2, 0) is 11.3 Å². The number of anilines is 1. The quantitative estimate of drug-likeness (QED) is 0.616. The van der Waals surface area contributed by atoms with Gasteiger partial charge in [-0.25, -0.2) is 4.98 Å². The molecule has 0 aliphatic rings. The molecular weight excluding hydrogens is 360 g/mol. The lowest BCUT2D eigenvalue weighted by Crippen LogP contribution is -2.23. The molecule has 0 spiro atoms. The number of hydrogen-bond donors (Lipinski definition) is 2. The Morgan fingerprint density at radius 1 is 1.15 bits per heavy atom. The van der Waals surface area contributed by atoms with Gasteiger partial charge < -0.3 is 15.6 Å². The van der Waals surface area contributed by atoms with Crippen LogP contribution < -0.4 is 11.1 Å². The van der Waals surface area contributed by atoms with Crippen molar-refractivity contribution in [2.24, 2.45) is 5.73 Å². The minimum atomic E-state index is -0.498. The van der Waals surface area contributed by atoms with E-state index < -0.39 is 5.91 Å². The molecule has 0 bridgehead atoms. The van der Waals surface area contributed by atoms with Crippen molar-refractivity contribution in [3.8, 4) is 0 Å². The second-order valence-electron chi connectivity index (χ2n) is 6.01. The second-order valence-corrected chi connectivity index (χ2v) is 7.32. The number of aromatic nitrogens is 2. The van der Waals surface area contributed by atoms with E-state index in [9.17, 15) is 9.59 Å². The van der Waals surface area contributed by atoms with Gasteiger partial charge in [0.15, 0.2) is 5.16 Å². The van der Waals surface area contributed by atoms with E-state index in [4.69, 9.17) is 5.73 Å². The monoisotopic (exact) mass is 380 g/mol. The lowest BCUT2D eigenvalue weighted by molar-refractivity contribution is -0.115. The van der Waals surface area contributed by atoms with Crippen LogP contribution in [0.15, 0.2) is 72.1 Å². The maximum absolute atomic E-state index is 12.5. The number of rotatable bonds is 7. The molecule has 1 aromatic heterocycles. The first kappa shape index (κ1) is 18.7. The molecule has 1 heterocycles. The molecule has 0 fully saturated rings. The van der Waals surface area contributed by atoms with Crippen LogP contribution in [0.2, 0.25) is 0 Å². The Bertz CT molecular complexity index is 923. The van der Waals surface area contributed by atoms with E-state index >= 15 is 0 Å². The van der Waals surface area contributed by atoms with Crippen molar-refractivity contribution in [3.05, 3.63) is 78.1 Å². The van der Waals surface area contributed by atoms with E-state index in [1.807, 2.05) is 35.9 Å². The van der Waals surface area contributed by atoms with E-state index in [1.165, 1.54) is 17.3 Å². The zero-order valence-electron chi connectivity index (χ0n) is 14.8. The van der Waals surface area contributed by atoms with Gasteiger partial charge in [-0.15, -0.1) is 0 Å². The number of carbonyl (C=O) groups excluding carboxylic acids is 2. The molecule has 27 heavy (non-hydrogen) atoms. The molecule has 1 atom stereocenters. The summed E-state index contributed by atoms with van der Waals surface area (Å²) in [4.78, 5) is 27.9. The average Bonchev–Trinajstić information content (AvgIpc) is 3.09. The van der Waals surface area contributed by atoms with Gasteiger partial charge in [0, 0.05) is 30.2 Å². The summed E-state index contributed by atoms with van der Waals surface area (Å²) in [6.07, 6.45) is 3.64. The Morgan fingerprint density at radius 2 is 1.85 bits per heavy atom. The number of nitrogens with two attached hydrogens (primary N) is 1. The molecule has 3 aromatic rings. The van der Waals surface area contributed by atoms with Crippen molar-refractivity contribution >= 4 is 29.3 Å². The summed E-state index contributed by atoms with van der Waals surface area (Å²) in [5.74, 6) is -0.636. The van der Waals surface area contributed by atoms with Gasteiger partial charge in [-0.3, -0.25) is 9.59 Å². The average molecular weight is 380 g/mol. The van der Waals surface area contributed by atoms with Crippen LogP contribution in [0.25, 0.3) is 0 Å². The summed E-state index contributed by atoms with van der Waals surface area (Å²) in [7, 11) is 0. The summed E-state index contributed by atoms with van der Waals surface area (Å²) >= 11 is 1.40. The Kier molecular flexibility index (Phi) is 5.93. The number of nitrogens with one attached hydrogen (secondary N) is 1. The van der Waals surface area contributed by atoms with Crippen molar-refractivity contribution in [1.82, 2.24) is 9.55 Å². The minimum Gasteiger partial charge on any atom is -0.366 e. The van der Waals surface area contributed by atoms with Gasteiger partial charge in [-0.05, 0) is 36.8 Å². The molecular formula is C20H20N4O2S. The maximum Gasteiger partial charge on any atom is 0.248 e. The first-order valence-electron chi connectivity index (χ1n) is 8.45. The molecule has 3 N–H and O–H groups in total. The van der Waals surface area contributed by atoms with Crippen molar-refractivity contribution < 1.29 is 9.59 Å². The molecule has 0 aliphatic carbocycles. The molecule has 2 aromatic carbocycles. The summed E-state index contributed by atoms with van der Waals surface area (Å²) in [6, 6.07) is 16.6. The lowest BCUT2D eigenvalue weighted by atomic mass is 10.2. The number of imidazole rings is 1. The molecule has 0 aliphatic heterocycles. The van der Waals surface area contributed by atoms with Crippen LogP contribution in [0.5, 0.6) is 0 Å². The molecule has 138 valence electrons. The number of hydrogen-bond acceptors (Lipinski definition) is 4. The van der Waals surface area contributed by atoms with Crippen molar-refractivity contribution in [2.75, 3.05) is 5.32 Å². The molecule has 7 heteroatoms. The normalized spacial score (nSPS) is 11.7. The fourth-order valence-electron chi connectivity index (χ4n) is 2.49. The van der Waals surface area contributed by atoms with Crippen LogP contribution in [0.3, 0.4) is 0 Å². The predicted octanol–water partition coefficient (Wildman–Crippen LogP) is 3.15. The standard InChI is InChI=1S/C20H20N4O2S/c1-14(19(26)23-17-9-7-16(8-10-17)18(21)25)27-20-22-11-12-24(20)13-15-5-3-2-4-6-15/h2-12,14H,13H2,1H3,(H2,21,25)(H,23,26)/t14-/m1/s1. The van der Waals surface area contributed by atoms with Crippen molar-refractivity contribution in [1.29, 1.82) is 0 Å². The van der Waals surface area contributed by atoms with Crippen LogP contribution in [0.1, 0.15) is 22.8 Å². The topological polar surface area (TPSA) is 90.0 Å². The van der Waals surface area contributed by atoms with Crippen LogP contribution in [0, 0.1) is 0 Å². The molecule has 3 rings (SSSR count). The zero-order chi connectivity index (χ0) is 19.2. The number of benzene rings is 2. The number of thioether (sulfide) groups is 1. The minimum absolute atomic E-state index is 0.138. The highest BCUT2D eigenvalue weighted by Crippen LogP contribution is 2.23. The zero-order valence-corrected chi connectivity index (χ0v) is 15.6. The van der Waals surface area contributed by atoms with Gasteiger partial charge in [0.25, 0.3) is 0 Å². The van der Waals surface area contributed by atoms with Crippen LogP contribution in [0.4, 0.5) is 5.69 Å². The smallest absolute Gasteiger partial charge is 0.248 e. The summed E-state index contributed by atoms with van der Waals surface area (Å²) in [5, 5.41) is 3.29. The Morgan fingerprint density at radius 3 is 2.52 bits per heavy atom. The third-order valence-electron chi connectivity index (χ3n) is 3.96. The Hall–Kier alpha value is -3.06. The van der Waals surface area contributed by atoms with Crippen LogP contribution in [-0.4, -0.2) is 26.6 Å². The molecule has 0 unspecified atom stereocenters. The van der Waals surface area contributed by atoms with E-state index in [0.717, 1.165) is 5.16 Å². The van der Waals surface area contributed by atoms with E-state index in [2.05, 4.69) is 22.4 Å². The SMILES string of the molecule is C[C@@H](Sc1nccn1Cc1ccccc1)C(=O)Nc1ccc(C(N)=O)cc1. The molecule has 6 nitrogen and oxygen atoms in total. The predicted molar refractivity (Wildman–Crippen MR) is 107 cm³/mol. The number of primary amides is 1. The molecule has 0 saturated carbocycles. The van der Waals surface area contributed by atoms with Gasteiger partial charge in [0.2, 0.25) is 11.8 Å². The summed E-state index contributed by atoms with van der Waals surface area (Å²) < 4.78 is 2.02. The van der Waals surface area contributed by atoms with E-state index in [0.29, 0.717) is 17.8 Å². The maximum atomic E-state index is 12.5. The first-order valence-corrected chi connectivity index (χ1v) is 9.33. The third kappa shape index (κ3) is 4.98. The van der Waals surface area contributed by atoms with E-state index in [1.54, 1.807) is 30.5 Å². The highest BCUT2D eigenvalue weighted by molar-refractivity contribution is 8.00. The molecule has 0 radical (unpaired) electrons.